The van der Waals surface area contributed by atoms with Gasteiger partial charge in [0.15, 0.2) is 5.82 Å². The first-order valence-corrected chi connectivity index (χ1v) is 9.27. The summed E-state index contributed by atoms with van der Waals surface area (Å²) in [6.45, 7) is 7.66. The van der Waals surface area contributed by atoms with Gasteiger partial charge in [0.05, 0.1) is 0 Å². The number of anilines is 1. The Morgan fingerprint density at radius 3 is 2.58 bits per heavy atom. The zero-order valence-corrected chi connectivity index (χ0v) is 14.7. The lowest BCUT2D eigenvalue weighted by molar-refractivity contribution is 0.258. The van der Waals surface area contributed by atoms with Gasteiger partial charge in [-0.05, 0) is 24.5 Å². The van der Waals surface area contributed by atoms with E-state index in [1.807, 2.05) is 18.2 Å². The third kappa shape index (κ3) is 2.87. The van der Waals surface area contributed by atoms with Gasteiger partial charge in [-0.1, -0.05) is 37.3 Å². The van der Waals surface area contributed by atoms with E-state index >= 15 is 0 Å². The molecule has 0 bridgehead atoms. The second-order valence-corrected chi connectivity index (χ2v) is 6.87. The molecule has 0 N–H and O–H groups in total. The van der Waals surface area contributed by atoms with Crippen molar-refractivity contribution in [1.29, 1.82) is 0 Å². The Hall–Kier alpha value is -2.05. The fourth-order valence-corrected chi connectivity index (χ4v) is 4.14. The van der Waals surface area contributed by atoms with Crippen LogP contribution >= 0.6 is 11.5 Å². The molecular weight excluding hydrogens is 318 g/mol. The lowest BCUT2D eigenvalue weighted by atomic mass is 10.1. The molecule has 1 fully saturated rings. The highest BCUT2D eigenvalue weighted by atomic mass is 32.1. The largest absolute Gasteiger partial charge is 0.353 e. The number of piperazine rings is 1. The van der Waals surface area contributed by atoms with Gasteiger partial charge in [0.25, 0.3) is 0 Å². The van der Waals surface area contributed by atoms with Gasteiger partial charge in [0.2, 0.25) is 0 Å². The van der Waals surface area contributed by atoms with Gasteiger partial charge in [-0.15, -0.1) is 0 Å². The Morgan fingerprint density at radius 2 is 1.83 bits per heavy atom. The van der Waals surface area contributed by atoms with E-state index < -0.39 is 0 Å². The molecule has 3 heterocycles. The second-order valence-electron chi connectivity index (χ2n) is 6.10. The third-order valence-corrected chi connectivity index (χ3v) is 5.33. The van der Waals surface area contributed by atoms with Crippen molar-refractivity contribution in [1.82, 2.24) is 19.2 Å². The average molecular weight is 339 g/mol. The first-order chi connectivity index (χ1) is 11.9. The van der Waals surface area contributed by atoms with E-state index in [-0.39, 0.29) is 0 Å². The van der Waals surface area contributed by atoms with Crippen molar-refractivity contribution < 1.29 is 0 Å². The number of fused-ring (bicyclic) bond motifs is 1. The summed E-state index contributed by atoms with van der Waals surface area (Å²) in [4.78, 5) is 14.0. The van der Waals surface area contributed by atoms with Crippen molar-refractivity contribution in [2.45, 2.75) is 13.3 Å². The van der Waals surface area contributed by atoms with Gasteiger partial charge in [0, 0.05) is 31.7 Å². The lowest BCUT2D eigenvalue weighted by Crippen LogP contribution is -2.46. The molecule has 6 heteroatoms. The van der Waals surface area contributed by atoms with Crippen molar-refractivity contribution in [3.8, 4) is 11.3 Å². The van der Waals surface area contributed by atoms with E-state index in [1.54, 1.807) is 6.33 Å². The first-order valence-electron chi connectivity index (χ1n) is 8.50. The first kappa shape index (κ1) is 15.5. The highest BCUT2D eigenvalue weighted by Crippen LogP contribution is 2.34. The molecule has 3 aromatic rings. The van der Waals surface area contributed by atoms with E-state index in [4.69, 9.17) is 0 Å². The molecule has 0 atom stereocenters. The molecule has 1 aliphatic heterocycles. The zero-order valence-electron chi connectivity index (χ0n) is 13.9. The molecule has 0 amide bonds. The Labute approximate surface area is 146 Å². The minimum absolute atomic E-state index is 0.962. The second kappa shape index (κ2) is 6.83. The summed E-state index contributed by atoms with van der Waals surface area (Å²) < 4.78 is 5.77. The molecule has 0 aliphatic carbocycles. The summed E-state index contributed by atoms with van der Waals surface area (Å²) in [6, 6.07) is 10.3. The minimum Gasteiger partial charge on any atom is -0.353 e. The van der Waals surface area contributed by atoms with Crippen LogP contribution < -0.4 is 4.90 Å². The Bertz CT molecular complexity index is 809. The number of aromatic nitrogens is 3. The van der Waals surface area contributed by atoms with Crippen molar-refractivity contribution in [3.05, 3.63) is 36.7 Å². The van der Waals surface area contributed by atoms with Gasteiger partial charge in [0.1, 0.15) is 22.2 Å². The van der Waals surface area contributed by atoms with Crippen molar-refractivity contribution in [2.24, 2.45) is 0 Å². The SMILES string of the molecule is CCCN1CCN(c2ncnc3c(-c4ccccc4)nsc23)CC1. The number of rotatable bonds is 4. The van der Waals surface area contributed by atoms with Crippen LogP contribution in [0.15, 0.2) is 36.7 Å². The fraction of sp³-hybridized carbons (Fsp3) is 0.389. The van der Waals surface area contributed by atoms with Gasteiger partial charge in [-0.2, -0.15) is 4.37 Å². The normalized spacial score (nSPS) is 16.0. The van der Waals surface area contributed by atoms with E-state index in [1.165, 1.54) is 24.5 Å². The van der Waals surface area contributed by atoms with Gasteiger partial charge in [-0.25, -0.2) is 9.97 Å². The summed E-state index contributed by atoms with van der Waals surface area (Å²) in [5, 5.41) is 0. The fourth-order valence-electron chi connectivity index (χ4n) is 3.26. The van der Waals surface area contributed by atoms with Crippen LogP contribution in [0.3, 0.4) is 0 Å². The Kier molecular flexibility index (Phi) is 4.40. The minimum atomic E-state index is 0.962. The van der Waals surface area contributed by atoms with Crippen molar-refractivity contribution in [2.75, 3.05) is 37.6 Å². The van der Waals surface area contributed by atoms with Crippen LogP contribution in [0.5, 0.6) is 0 Å². The van der Waals surface area contributed by atoms with Crippen LogP contribution in [0.25, 0.3) is 21.5 Å². The van der Waals surface area contributed by atoms with E-state index in [9.17, 15) is 0 Å². The zero-order chi connectivity index (χ0) is 16.4. The van der Waals surface area contributed by atoms with Crippen molar-refractivity contribution in [3.63, 3.8) is 0 Å². The predicted molar refractivity (Wildman–Crippen MR) is 99.6 cm³/mol. The topological polar surface area (TPSA) is 45.2 Å². The third-order valence-electron chi connectivity index (χ3n) is 4.50. The standard InChI is InChI=1S/C18H21N5S/c1-2-8-22-9-11-23(12-10-22)18-17-16(19-13-20-18)15(21-24-17)14-6-4-3-5-7-14/h3-7,13H,2,8-12H2,1H3. The predicted octanol–water partition coefficient (Wildman–Crippen LogP) is 3.29. The van der Waals surface area contributed by atoms with Gasteiger partial charge in [-0.3, -0.25) is 4.90 Å². The van der Waals surface area contributed by atoms with E-state index in [0.717, 1.165) is 53.5 Å². The van der Waals surface area contributed by atoms with Crippen molar-refractivity contribution >= 4 is 27.6 Å². The molecule has 0 radical (unpaired) electrons. The smallest absolute Gasteiger partial charge is 0.151 e. The number of hydrogen-bond donors (Lipinski definition) is 0. The van der Waals surface area contributed by atoms with Crippen LogP contribution in [-0.2, 0) is 0 Å². The maximum Gasteiger partial charge on any atom is 0.151 e. The maximum absolute atomic E-state index is 4.67. The molecule has 0 spiro atoms. The summed E-state index contributed by atoms with van der Waals surface area (Å²) in [7, 11) is 0. The molecule has 0 saturated carbocycles. The molecule has 124 valence electrons. The molecule has 24 heavy (non-hydrogen) atoms. The molecule has 1 aromatic carbocycles. The summed E-state index contributed by atoms with van der Waals surface area (Å²) >= 11 is 1.51. The molecule has 5 nitrogen and oxygen atoms in total. The Balaban J connectivity index is 1.65. The molecule has 2 aromatic heterocycles. The van der Waals surface area contributed by atoms with Gasteiger partial charge >= 0.3 is 0 Å². The highest BCUT2D eigenvalue weighted by Gasteiger charge is 2.21. The number of nitrogens with zero attached hydrogens (tertiary/aromatic N) is 5. The van der Waals surface area contributed by atoms with Crippen LogP contribution in [0.4, 0.5) is 5.82 Å². The molecule has 1 saturated heterocycles. The van der Waals surface area contributed by atoms with Crippen LogP contribution in [-0.4, -0.2) is 52.0 Å². The number of hydrogen-bond acceptors (Lipinski definition) is 6. The van der Waals surface area contributed by atoms with Crippen LogP contribution in [0.2, 0.25) is 0 Å². The monoisotopic (exact) mass is 339 g/mol. The maximum atomic E-state index is 4.67. The quantitative estimate of drug-likeness (QED) is 0.730. The number of benzene rings is 1. The van der Waals surface area contributed by atoms with Crippen LogP contribution in [0.1, 0.15) is 13.3 Å². The molecular formula is C18H21N5S. The highest BCUT2D eigenvalue weighted by molar-refractivity contribution is 7.14. The van der Waals surface area contributed by atoms with E-state index in [2.05, 4.69) is 43.2 Å². The average Bonchev–Trinajstić information content (AvgIpc) is 3.08. The van der Waals surface area contributed by atoms with Crippen LogP contribution in [0, 0.1) is 0 Å². The van der Waals surface area contributed by atoms with Gasteiger partial charge < -0.3 is 4.90 Å². The lowest BCUT2D eigenvalue weighted by Gasteiger charge is -2.35. The summed E-state index contributed by atoms with van der Waals surface area (Å²) in [6.07, 6.45) is 2.89. The summed E-state index contributed by atoms with van der Waals surface area (Å²) in [5.41, 5.74) is 3.04. The molecule has 4 rings (SSSR count). The summed E-state index contributed by atoms with van der Waals surface area (Å²) in [5.74, 6) is 1.04. The Morgan fingerprint density at radius 1 is 1.04 bits per heavy atom. The molecule has 0 unspecified atom stereocenters. The van der Waals surface area contributed by atoms with E-state index in [0.29, 0.717) is 0 Å². The molecule has 1 aliphatic rings.